The number of carbonyl (C=O) groups is 2. The van der Waals surface area contributed by atoms with E-state index in [0.29, 0.717) is 17.2 Å². The number of hydrogen-bond donors (Lipinski definition) is 4. The fourth-order valence-corrected chi connectivity index (χ4v) is 1.81. The lowest BCUT2D eigenvalue weighted by Crippen LogP contribution is -2.37. The van der Waals surface area contributed by atoms with Crippen molar-refractivity contribution in [1.82, 2.24) is 15.6 Å². The molecule has 0 fully saturated rings. The highest BCUT2D eigenvalue weighted by Gasteiger charge is 2.11. The fraction of sp³-hybridized carbons (Fsp3) is 0.444. The average Bonchev–Trinajstić information content (AvgIpc) is 2.73. The van der Waals surface area contributed by atoms with E-state index in [2.05, 4.69) is 15.6 Å². The standard InChI is InChI=1S/C9H15N5O2S/c1-5(10)8-14-6(4-17-8)7(15)12-2-3-13-9(11)16/h4-5H,2-3,10H2,1H3,(H,12,15)(H3,11,13,16). The average molecular weight is 257 g/mol. The number of amides is 3. The van der Waals surface area contributed by atoms with Gasteiger partial charge in [-0.15, -0.1) is 11.3 Å². The molecular formula is C9H15N5O2S. The van der Waals surface area contributed by atoms with Crippen molar-refractivity contribution in [3.05, 3.63) is 16.1 Å². The van der Waals surface area contributed by atoms with Gasteiger partial charge in [0.25, 0.3) is 5.91 Å². The van der Waals surface area contributed by atoms with Crippen molar-refractivity contribution >= 4 is 23.3 Å². The van der Waals surface area contributed by atoms with E-state index in [0.717, 1.165) is 0 Å². The van der Waals surface area contributed by atoms with Gasteiger partial charge in [-0.05, 0) is 6.92 Å². The SMILES string of the molecule is CC(N)c1nc(C(=O)NCCNC(N)=O)cs1. The Hall–Kier alpha value is -1.67. The Kier molecular flexibility index (Phi) is 4.85. The van der Waals surface area contributed by atoms with Gasteiger partial charge in [0.2, 0.25) is 0 Å². The maximum absolute atomic E-state index is 11.6. The highest BCUT2D eigenvalue weighted by molar-refractivity contribution is 7.09. The summed E-state index contributed by atoms with van der Waals surface area (Å²) in [5.74, 6) is -0.292. The Morgan fingerprint density at radius 2 is 2.12 bits per heavy atom. The molecule has 8 heteroatoms. The van der Waals surface area contributed by atoms with Crippen LogP contribution in [0.3, 0.4) is 0 Å². The van der Waals surface area contributed by atoms with Gasteiger partial charge < -0.3 is 22.1 Å². The lowest BCUT2D eigenvalue weighted by Gasteiger charge is -2.03. The Morgan fingerprint density at radius 3 is 2.65 bits per heavy atom. The normalized spacial score (nSPS) is 11.9. The molecule has 0 aliphatic heterocycles. The Bertz CT molecular complexity index is 404. The number of hydrogen-bond acceptors (Lipinski definition) is 5. The van der Waals surface area contributed by atoms with Crippen LogP contribution in [0.2, 0.25) is 0 Å². The molecule has 17 heavy (non-hydrogen) atoms. The number of primary amides is 1. The van der Waals surface area contributed by atoms with E-state index in [4.69, 9.17) is 11.5 Å². The quantitative estimate of drug-likeness (QED) is 0.534. The monoisotopic (exact) mass is 257 g/mol. The molecule has 1 heterocycles. The molecule has 6 N–H and O–H groups in total. The maximum atomic E-state index is 11.6. The fourth-order valence-electron chi connectivity index (χ4n) is 1.05. The number of thiazole rings is 1. The van der Waals surface area contributed by atoms with Crippen LogP contribution in [0.5, 0.6) is 0 Å². The van der Waals surface area contributed by atoms with E-state index in [9.17, 15) is 9.59 Å². The van der Waals surface area contributed by atoms with E-state index in [1.54, 1.807) is 12.3 Å². The summed E-state index contributed by atoms with van der Waals surface area (Å²) in [6.07, 6.45) is 0. The molecule has 1 atom stereocenters. The van der Waals surface area contributed by atoms with Crippen LogP contribution in [0, 0.1) is 0 Å². The number of rotatable bonds is 5. The molecule has 1 aromatic rings. The van der Waals surface area contributed by atoms with Gasteiger partial charge in [-0.25, -0.2) is 9.78 Å². The first-order chi connectivity index (χ1) is 8.00. The second-order valence-corrected chi connectivity index (χ2v) is 4.30. The minimum atomic E-state index is -0.618. The van der Waals surface area contributed by atoms with E-state index in [-0.39, 0.29) is 18.5 Å². The number of nitrogens with two attached hydrogens (primary N) is 2. The Morgan fingerprint density at radius 1 is 1.47 bits per heavy atom. The third-order valence-electron chi connectivity index (χ3n) is 1.85. The van der Waals surface area contributed by atoms with Gasteiger partial charge in [-0.3, -0.25) is 4.79 Å². The lowest BCUT2D eigenvalue weighted by molar-refractivity contribution is 0.0949. The Labute approximate surface area is 103 Å². The van der Waals surface area contributed by atoms with Crippen molar-refractivity contribution in [2.24, 2.45) is 11.5 Å². The van der Waals surface area contributed by atoms with Crippen LogP contribution in [0.25, 0.3) is 0 Å². The molecule has 1 unspecified atom stereocenters. The van der Waals surface area contributed by atoms with Gasteiger partial charge in [0.15, 0.2) is 0 Å². The van der Waals surface area contributed by atoms with Crippen LogP contribution >= 0.6 is 11.3 Å². The third-order valence-corrected chi connectivity index (χ3v) is 2.90. The summed E-state index contributed by atoms with van der Waals surface area (Å²) in [4.78, 5) is 26.0. The van der Waals surface area contributed by atoms with Gasteiger partial charge in [-0.2, -0.15) is 0 Å². The van der Waals surface area contributed by atoms with Crippen LogP contribution in [0.15, 0.2) is 5.38 Å². The zero-order valence-electron chi connectivity index (χ0n) is 9.40. The molecule has 0 spiro atoms. The van der Waals surface area contributed by atoms with Gasteiger partial charge in [-0.1, -0.05) is 0 Å². The number of aromatic nitrogens is 1. The first-order valence-electron chi connectivity index (χ1n) is 5.03. The molecule has 1 rings (SSSR count). The lowest BCUT2D eigenvalue weighted by atomic mass is 10.4. The summed E-state index contributed by atoms with van der Waals surface area (Å²) in [5.41, 5.74) is 10.8. The van der Waals surface area contributed by atoms with Crippen LogP contribution in [0.4, 0.5) is 4.79 Å². The van der Waals surface area contributed by atoms with Gasteiger partial charge in [0, 0.05) is 18.5 Å². The third kappa shape index (κ3) is 4.37. The van der Waals surface area contributed by atoms with Crippen molar-refractivity contribution in [3.63, 3.8) is 0 Å². The van der Waals surface area contributed by atoms with Gasteiger partial charge in [0.05, 0.1) is 6.04 Å². The summed E-state index contributed by atoms with van der Waals surface area (Å²) in [5, 5.41) is 7.32. The van der Waals surface area contributed by atoms with Crippen molar-refractivity contribution in [2.45, 2.75) is 13.0 Å². The molecule has 0 radical (unpaired) electrons. The highest BCUT2D eigenvalue weighted by atomic mass is 32.1. The van der Waals surface area contributed by atoms with Gasteiger partial charge >= 0.3 is 6.03 Å². The smallest absolute Gasteiger partial charge is 0.312 e. The Balaban J connectivity index is 2.39. The minimum absolute atomic E-state index is 0.182. The van der Waals surface area contributed by atoms with E-state index >= 15 is 0 Å². The number of nitrogens with zero attached hydrogens (tertiary/aromatic N) is 1. The first kappa shape index (κ1) is 13.4. The molecule has 0 aliphatic rings. The summed E-state index contributed by atoms with van der Waals surface area (Å²) >= 11 is 1.34. The maximum Gasteiger partial charge on any atom is 0.312 e. The molecule has 7 nitrogen and oxygen atoms in total. The summed E-state index contributed by atoms with van der Waals surface area (Å²) in [7, 11) is 0. The van der Waals surface area contributed by atoms with Crippen LogP contribution in [-0.4, -0.2) is 30.0 Å². The van der Waals surface area contributed by atoms with E-state index in [1.165, 1.54) is 11.3 Å². The zero-order chi connectivity index (χ0) is 12.8. The van der Waals surface area contributed by atoms with Crippen molar-refractivity contribution in [1.29, 1.82) is 0 Å². The topological polar surface area (TPSA) is 123 Å². The molecule has 0 saturated heterocycles. The van der Waals surface area contributed by atoms with Crippen LogP contribution in [-0.2, 0) is 0 Å². The number of carbonyl (C=O) groups excluding carboxylic acids is 2. The molecule has 0 aromatic carbocycles. The number of urea groups is 1. The predicted octanol–water partition coefficient (Wildman–Crippen LogP) is -0.439. The highest BCUT2D eigenvalue weighted by Crippen LogP contribution is 2.15. The molecule has 0 aliphatic carbocycles. The van der Waals surface area contributed by atoms with Crippen molar-refractivity contribution in [3.8, 4) is 0 Å². The zero-order valence-corrected chi connectivity index (χ0v) is 10.2. The minimum Gasteiger partial charge on any atom is -0.352 e. The van der Waals surface area contributed by atoms with E-state index < -0.39 is 6.03 Å². The van der Waals surface area contributed by atoms with Gasteiger partial charge in [0.1, 0.15) is 10.7 Å². The molecule has 0 saturated carbocycles. The van der Waals surface area contributed by atoms with Crippen molar-refractivity contribution in [2.75, 3.05) is 13.1 Å². The molecule has 3 amide bonds. The summed E-state index contributed by atoms with van der Waals surface area (Å²) in [6.45, 7) is 2.38. The van der Waals surface area contributed by atoms with Crippen LogP contribution < -0.4 is 22.1 Å². The van der Waals surface area contributed by atoms with Crippen molar-refractivity contribution < 1.29 is 9.59 Å². The largest absolute Gasteiger partial charge is 0.352 e. The van der Waals surface area contributed by atoms with Crippen LogP contribution in [0.1, 0.15) is 28.5 Å². The summed E-state index contributed by atoms with van der Waals surface area (Å²) < 4.78 is 0. The molecule has 0 bridgehead atoms. The first-order valence-corrected chi connectivity index (χ1v) is 5.91. The second kappa shape index (κ2) is 6.16. The van der Waals surface area contributed by atoms with E-state index in [1.807, 2.05) is 0 Å². The molecular weight excluding hydrogens is 242 g/mol. The molecule has 94 valence electrons. The molecule has 1 aromatic heterocycles. The second-order valence-electron chi connectivity index (χ2n) is 3.41. The number of nitrogens with one attached hydrogen (secondary N) is 2. The summed E-state index contributed by atoms with van der Waals surface area (Å²) in [6, 6.07) is -0.801. The predicted molar refractivity (Wildman–Crippen MR) is 64.6 cm³/mol.